The molecule has 0 radical (unpaired) electrons. The lowest BCUT2D eigenvalue weighted by Crippen LogP contribution is -2.37. The van der Waals surface area contributed by atoms with E-state index in [1.54, 1.807) is 28.4 Å². The molecule has 0 fully saturated rings. The first kappa shape index (κ1) is 30.8. The van der Waals surface area contributed by atoms with Crippen molar-refractivity contribution in [2.45, 2.75) is 51.9 Å². The fraction of sp³-hybridized carbons (Fsp3) is 0.419. The SMILES string of the molecule is C=CC(=O)OCCCCCCOC(=O)CCN(CCCC)C(=O)COc1ccc2sc3ccccc3c(=O)c2c1. The van der Waals surface area contributed by atoms with Crippen molar-refractivity contribution in [2.75, 3.05) is 32.9 Å². The topological polar surface area (TPSA) is 99.2 Å². The van der Waals surface area contributed by atoms with Crippen LogP contribution in [-0.2, 0) is 23.9 Å². The minimum atomic E-state index is -0.423. The van der Waals surface area contributed by atoms with E-state index in [9.17, 15) is 19.2 Å². The van der Waals surface area contributed by atoms with Crippen molar-refractivity contribution >= 4 is 49.4 Å². The average molecular weight is 568 g/mol. The van der Waals surface area contributed by atoms with Crippen molar-refractivity contribution in [3.63, 3.8) is 0 Å². The quantitative estimate of drug-likeness (QED) is 0.0900. The second-order valence-corrected chi connectivity index (χ2v) is 10.4. The van der Waals surface area contributed by atoms with Crippen LogP contribution in [0.25, 0.3) is 20.2 Å². The van der Waals surface area contributed by atoms with Gasteiger partial charge in [-0.2, -0.15) is 0 Å². The van der Waals surface area contributed by atoms with Gasteiger partial charge >= 0.3 is 11.9 Å². The van der Waals surface area contributed by atoms with Crippen LogP contribution >= 0.6 is 11.3 Å². The molecule has 1 aromatic heterocycles. The molecule has 3 rings (SSSR count). The van der Waals surface area contributed by atoms with Crippen molar-refractivity contribution < 1.29 is 28.6 Å². The van der Waals surface area contributed by atoms with E-state index in [1.807, 2.05) is 37.3 Å². The fourth-order valence-electron chi connectivity index (χ4n) is 4.09. The Morgan fingerprint density at radius 1 is 0.900 bits per heavy atom. The van der Waals surface area contributed by atoms with Gasteiger partial charge in [-0.25, -0.2) is 4.79 Å². The zero-order chi connectivity index (χ0) is 28.7. The zero-order valence-corrected chi connectivity index (χ0v) is 23.8. The molecule has 0 N–H and O–H groups in total. The molecule has 1 heterocycles. The number of carbonyl (C=O) groups is 3. The predicted octanol–water partition coefficient (Wildman–Crippen LogP) is 5.65. The van der Waals surface area contributed by atoms with E-state index in [2.05, 4.69) is 6.58 Å². The van der Waals surface area contributed by atoms with E-state index < -0.39 is 5.97 Å². The molecule has 0 aliphatic carbocycles. The maximum absolute atomic E-state index is 13.0. The molecule has 0 bridgehead atoms. The fourth-order valence-corrected chi connectivity index (χ4v) is 5.14. The normalized spacial score (nSPS) is 10.8. The maximum atomic E-state index is 13.0. The summed E-state index contributed by atoms with van der Waals surface area (Å²) in [6.07, 6.45) is 6.17. The van der Waals surface area contributed by atoms with Gasteiger partial charge in [0.15, 0.2) is 12.0 Å². The lowest BCUT2D eigenvalue weighted by Gasteiger charge is -2.22. The molecule has 0 aliphatic heterocycles. The number of carbonyl (C=O) groups excluding carboxylic acids is 3. The number of hydrogen-bond acceptors (Lipinski definition) is 8. The second kappa shape index (κ2) is 16.4. The monoisotopic (exact) mass is 567 g/mol. The summed E-state index contributed by atoms with van der Waals surface area (Å²) in [5, 5.41) is 1.23. The summed E-state index contributed by atoms with van der Waals surface area (Å²) in [7, 11) is 0. The number of rotatable bonds is 17. The molecule has 8 nitrogen and oxygen atoms in total. The summed E-state index contributed by atoms with van der Waals surface area (Å²) in [6.45, 7) is 6.66. The van der Waals surface area contributed by atoms with Crippen LogP contribution in [0.5, 0.6) is 5.75 Å². The van der Waals surface area contributed by atoms with Gasteiger partial charge in [-0.1, -0.05) is 32.1 Å². The van der Waals surface area contributed by atoms with Crippen LogP contribution in [0.4, 0.5) is 0 Å². The molecular formula is C31H37NO7S. The number of ether oxygens (including phenoxy) is 3. The van der Waals surface area contributed by atoms with Gasteiger partial charge in [-0.15, -0.1) is 11.3 Å². The molecule has 0 saturated carbocycles. The minimum Gasteiger partial charge on any atom is -0.484 e. The third-order valence-electron chi connectivity index (χ3n) is 6.34. The molecule has 2 aromatic carbocycles. The Kier molecular flexibility index (Phi) is 12.6. The van der Waals surface area contributed by atoms with Gasteiger partial charge in [0.1, 0.15) is 5.75 Å². The molecular weight excluding hydrogens is 530 g/mol. The first-order chi connectivity index (χ1) is 19.4. The lowest BCUT2D eigenvalue weighted by atomic mass is 10.2. The smallest absolute Gasteiger partial charge is 0.330 e. The molecule has 0 aliphatic rings. The molecule has 0 unspecified atom stereocenters. The van der Waals surface area contributed by atoms with Crippen LogP contribution in [0.15, 0.2) is 59.9 Å². The van der Waals surface area contributed by atoms with Crippen LogP contribution < -0.4 is 10.2 Å². The van der Waals surface area contributed by atoms with E-state index >= 15 is 0 Å². The Morgan fingerprint density at radius 3 is 2.38 bits per heavy atom. The van der Waals surface area contributed by atoms with E-state index in [0.29, 0.717) is 36.3 Å². The number of hydrogen-bond donors (Lipinski definition) is 0. The Labute approximate surface area is 238 Å². The van der Waals surface area contributed by atoms with Gasteiger partial charge in [-0.05, 0) is 62.4 Å². The maximum Gasteiger partial charge on any atom is 0.330 e. The van der Waals surface area contributed by atoms with Crippen molar-refractivity contribution in [3.05, 3.63) is 65.3 Å². The average Bonchev–Trinajstić information content (AvgIpc) is 2.97. The molecule has 3 aromatic rings. The molecule has 214 valence electrons. The van der Waals surface area contributed by atoms with E-state index in [-0.39, 0.29) is 36.9 Å². The molecule has 0 atom stereocenters. The zero-order valence-electron chi connectivity index (χ0n) is 23.0. The highest BCUT2D eigenvalue weighted by Crippen LogP contribution is 2.27. The number of benzene rings is 2. The van der Waals surface area contributed by atoms with Gasteiger partial charge in [0, 0.05) is 39.3 Å². The number of esters is 2. The number of unbranched alkanes of at least 4 members (excludes halogenated alkanes) is 4. The van der Waals surface area contributed by atoms with Gasteiger partial charge in [-0.3, -0.25) is 14.4 Å². The highest BCUT2D eigenvalue weighted by atomic mass is 32.1. The summed E-state index contributed by atoms with van der Waals surface area (Å²) in [5.41, 5.74) is -0.0572. The number of nitrogens with zero attached hydrogens (tertiary/aromatic N) is 1. The van der Waals surface area contributed by atoms with Crippen molar-refractivity contribution in [3.8, 4) is 5.75 Å². The number of fused-ring (bicyclic) bond motifs is 2. The van der Waals surface area contributed by atoms with Crippen molar-refractivity contribution in [1.29, 1.82) is 0 Å². The standard InChI is InChI=1S/C31H37NO7S/c1-3-5-17-32(18-16-30(35)38-20-11-7-6-10-19-37-29(34)4-2)28(33)22-39-23-14-15-27-25(21-23)31(36)24-12-8-9-13-26(24)40-27/h4,8-9,12-15,21H,2-3,5-7,10-11,16-20,22H2,1H3. The van der Waals surface area contributed by atoms with E-state index in [4.69, 9.17) is 14.2 Å². The summed E-state index contributed by atoms with van der Waals surface area (Å²) in [4.78, 5) is 50.7. The van der Waals surface area contributed by atoms with E-state index in [1.165, 1.54) is 0 Å². The molecule has 0 spiro atoms. The largest absolute Gasteiger partial charge is 0.484 e. The van der Waals surface area contributed by atoms with Crippen molar-refractivity contribution in [2.24, 2.45) is 0 Å². The molecule has 9 heteroatoms. The summed E-state index contributed by atoms with van der Waals surface area (Å²) in [5.74, 6) is -0.537. The van der Waals surface area contributed by atoms with Crippen LogP contribution in [0.2, 0.25) is 0 Å². The third-order valence-corrected chi connectivity index (χ3v) is 7.49. The summed E-state index contributed by atoms with van der Waals surface area (Å²) < 4.78 is 17.8. The Hall–Kier alpha value is -3.72. The lowest BCUT2D eigenvalue weighted by molar-refractivity contribution is -0.145. The first-order valence-electron chi connectivity index (χ1n) is 13.7. The second-order valence-electron chi connectivity index (χ2n) is 9.36. The minimum absolute atomic E-state index is 0.0572. The van der Waals surface area contributed by atoms with Gasteiger partial charge in [0.25, 0.3) is 5.91 Å². The van der Waals surface area contributed by atoms with Crippen LogP contribution in [-0.4, -0.2) is 55.7 Å². The first-order valence-corrected chi connectivity index (χ1v) is 14.6. The Balaban J connectivity index is 1.44. The van der Waals surface area contributed by atoms with Crippen LogP contribution in [0.1, 0.15) is 51.9 Å². The number of amides is 1. The predicted molar refractivity (Wildman–Crippen MR) is 158 cm³/mol. The Bertz CT molecular complexity index is 1370. The van der Waals surface area contributed by atoms with Gasteiger partial charge < -0.3 is 19.1 Å². The highest BCUT2D eigenvalue weighted by molar-refractivity contribution is 7.24. The van der Waals surface area contributed by atoms with Crippen LogP contribution in [0.3, 0.4) is 0 Å². The Morgan fingerprint density at radius 2 is 1.62 bits per heavy atom. The third kappa shape index (κ3) is 9.48. The highest BCUT2D eigenvalue weighted by Gasteiger charge is 2.16. The van der Waals surface area contributed by atoms with Crippen molar-refractivity contribution in [1.82, 2.24) is 4.90 Å². The summed E-state index contributed by atoms with van der Waals surface area (Å²) in [6, 6.07) is 12.8. The summed E-state index contributed by atoms with van der Waals surface area (Å²) >= 11 is 1.54. The van der Waals surface area contributed by atoms with Gasteiger partial charge in [0.05, 0.1) is 19.6 Å². The van der Waals surface area contributed by atoms with E-state index in [0.717, 1.165) is 54.0 Å². The molecule has 40 heavy (non-hydrogen) atoms. The van der Waals surface area contributed by atoms with Crippen LogP contribution in [0, 0.1) is 0 Å². The molecule has 1 amide bonds. The van der Waals surface area contributed by atoms with Gasteiger partial charge in [0.2, 0.25) is 0 Å². The molecule has 0 saturated heterocycles.